The smallest absolute Gasteiger partial charge is 0.267 e. The summed E-state index contributed by atoms with van der Waals surface area (Å²) in [4.78, 5) is 38.1. The summed E-state index contributed by atoms with van der Waals surface area (Å²) in [5.41, 5.74) is 4.52. The highest BCUT2D eigenvalue weighted by Gasteiger charge is 2.19. The first-order valence-electron chi connectivity index (χ1n) is 10.8. The van der Waals surface area contributed by atoms with E-state index in [9.17, 15) is 22.8 Å². The van der Waals surface area contributed by atoms with E-state index in [4.69, 9.17) is 0 Å². The molecule has 3 rings (SSSR count). The van der Waals surface area contributed by atoms with Crippen molar-refractivity contribution >= 4 is 32.6 Å². The summed E-state index contributed by atoms with van der Waals surface area (Å²) in [6.07, 6.45) is 2.65. The van der Waals surface area contributed by atoms with Crippen LogP contribution in [0.1, 0.15) is 47.0 Å². The highest BCUT2D eigenvalue weighted by Crippen LogP contribution is 2.15. The largest absolute Gasteiger partial charge is 0.290 e. The number of aromatic nitrogens is 2. The number of hydrogen-bond donors (Lipinski definition) is 2. The average molecular weight is 486 g/mol. The molecule has 0 spiro atoms. The van der Waals surface area contributed by atoms with Crippen molar-refractivity contribution in [2.45, 2.75) is 37.6 Å². The number of fused-ring (bicyclic) bond motifs is 1. The van der Waals surface area contributed by atoms with E-state index in [1.54, 1.807) is 24.3 Å². The van der Waals surface area contributed by atoms with Gasteiger partial charge in [0.25, 0.3) is 17.4 Å². The third kappa shape index (κ3) is 5.32. The minimum absolute atomic E-state index is 0.0134. The molecule has 0 saturated carbocycles. The van der Waals surface area contributed by atoms with Gasteiger partial charge in [0.2, 0.25) is 10.0 Å². The zero-order valence-electron chi connectivity index (χ0n) is 19.2. The second-order valence-electron chi connectivity index (χ2n) is 7.85. The lowest BCUT2D eigenvalue weighted by Crippen LogP contribution is -2.42. The average Bonchev–Trinajstić information content (AvgIpc) is 2.84. The monoisotopic (exact) mass is 485 g/mol. The van der Waals surface area contributed by atoms with Gasteiger partial charge in [-0.05, 0) is 36.8 Å². The number of hydrazine groups is 1. The van der Waals surface area contributed by atoms with Gasteiger partial charge in [-0.1, -0.05) is 38.0 Å². The number of carbonyl (C=O) groups excluding carboxylic acids is 2. The van der Waals surface area contributed by atoms with Crippen molar-refractivity contribution in [1.29, 1.82) is 0 Å². The molecule has 10 nitrogen and oxygen atoms in total. The molecule has 0 atom stereocenters. The number of carbonyl (C=O) groups is 2. The molecule has 0 bridgehead atoms. The number of nitrogens with zero attached hydrogens (tertiary/aromatic N) is 3. The third-order valence-corrected chi connectivity index (χ3v) is 7.07. The molecule has 0 unspecified atom stereocenters. The molecule has 0 aliphatic carbocycles. The molecule has 0 aliphatic rings. The summed E-state index contributed by atoms with van der Waals surface area (Å²) in [6, 6.07) is 12.0. The Labute approximate surface area is 197 Å². The molecule has 1 aromatic heterocycles. The molecule has 2 N–H and O–H groups in total. The van der Waals surface area contributed by atoms with Crippen LogP contribution in [-0.2, 0) is 16.6 Å². The number of aryl methyl sites for hydroxylation is 1. The summed E-state index contributed by atoms with van der Waals surface area (Å²) in [7, 11) is -0.797. The molecular formula is C23H27N5O5S. The van der Waals surface area contributed by atoms with Crippen LogP contribution in [0.3, 0.4) is 0 Å². The van der Waals surface area contributed by atoms with Gasteiger partial charge in [-0.2, -0.15) is 5.10 Å². The minimum atomic E-state index is -3.62. The highest BCUT2D eigenvalue weighted by molar-refractivity contribution is 7.89. The van der Waals surface area contributed by atoms with E-state index >= 15 is 0 Å². The van der Waals surface area contributed by atoms with Gasteiger partial charge in [-0.15, -0.1) is 0 Å². The number of amides is 2. The maximum Gasteiger partial charge on any atom is 0.290 e. The molecule has 0 aliphatic heterocycles. The first-order chi connectivity index (χ1) is 16.2. The van der Waals surface area contributed by atoms with Gasteiger partial charge >= 0.3 is 0 Å². The second kappa shape index (κ2) is 10.6. The van der Waals surface area contributed by atoms with E-state index in [-0.39, 0.29) is 21.7 Å². The van der Waals surface area contributed by atoms with E-state index < -0.39 is 21.8 Å². The molecule has 2 amide bonds. The van der Waals surface area contributed by atoms with Crippen LogP contribution in [0.5, 0.6) is 0 Å². The van der Waals surface area contributed by atoms with Crippen molar-refractivity contribution in [1.82, 2.24) is 24.9 Å². The molecule has 3 aromatic rings. The van der Waals surface area contributed by atoms with Crippen molar-refractivity contribution in [2.75, 3.05) is 14.1 Å². The fraction of sp³-hybridized carbons (Fsp3) is 0.304. The number of sulfonamides is 1. The van der Waals surface area contributed by atoms with Crippen LogP contribution in [-0.4, -0.2) is 48.4 Å². The zero-order chi connectivity index (χ0) is 24.9. The number of rotatable bonds is 8. The van der Waals surface area contributed by atoms with Gasteiger partial charge in [0.1, 0.15) is 0 Å². The molecule has 180 valence electrons. The Balaban J connectivity index is 1.79. The quantitative estimate of drug-likeness (QED) is 0.370. The van der Waals surface area contributed by atoms with Gasteiger partial charge in [0.05, 0.1) is 10.3 Å². The summed E-state index contributed by atoms with van der Waals surface area (Å²) < 4.78 is 26.7. The fourth-order valence-corrected chi connectivity index (χ4v) is 4.20. The molecular weight excluding hydrogens is 458 g/mol. The van der Waals surface area contributed by atoms with Crippen LogP contribution in [0.4, 0.5) is 0 Å². The van der Waals surface area contributed by atoms with Gasteiger partial charge in [-0.25, -0.2) is 17.4 Å². The second-order valence-corrected chi connectivity index (χ2v) is 10.0. The van der Waals surface area contributed by atoms with Crippen molar-refractivity contribution < 1.29 is 18.0 Å². The van der Waals surface area contributed by atoms with Gasteiger partial charge in [0, 0.05) is 31.6 Å². The Morgan fingerprint density at radius 2 is 1.56 bits per heavy atom. The van der Waals surface area contributed by atoms with E-state index in [0.29, 0.717) is 17.3 Å². The fourth-order valence-electron chi connectivity index (χ4n) is 3.30. The number of benzene rings is 2. The molecule has 34 heavy (non-hydrogen) atoms. The lowest BCUT2D eigenvalue weighted by molar-refractivity contribution is 0.0843. The van der Waals surface area contributed by atoms with Gasteiger partial charge in [-0.3, -0.25) is 25.2 Å². The molecule has 11 heteroatoms. The van der Waals surface area contributed by atoms with E-state index in [1.807, 2.05) is 6.92 Å². The summed E-state index contributed by atoms with van der Waals surface area (Å²) in [5.74, 6) is -1.32. The molecule has 0 fully saturated rings. The first-order valence-corrected chi connectivity index (χ1v) is 12.2. The van der Waals surface area contributed by atoms with Crippen molar-refractivity contribution in [3.8, 4) is 0 Å². The molecule has 2 aromatic carbocycles. The molecule has 1 heterocycles. The predicted molar refractivity (Wildman–Crippen MR) is 128 cm³/mol. The van der Waals surface area contributed by atoms with Gasteiger partial charge in [0.15, 0.2) is 5.69 Å². The molecule has 0 radical (unpaired) electrons. The minimum Gasteiger partial charge on any atom is -0.267 e. The Bertz CT molecular complexity index is 1360. The lowest BCUT2D eigenvalue weighted by atomic mass is 10.1. The van der Waals surface area contributed by atoms with Crippen LogP contribution in [0.2, 0.25) is 0 Å². The van der Waals surface area contributed by atoms with E-state index in [2.05, 4.69) is 16.0 Å². The van der Waals surface area contributed by atoms with Crippen LogP contribution >= 0.6 is 0 Å². The molecule has 0 saturated heterocycles. The standard InChI is InChI=1S/C23H27N5O5S/c1-4-5-8-15-28-23(31)19-10-7-6-9-18(19)20(26-28)22(30)25-24-21(29)16-11-13-17(14-12-16)34(32,33)27(2)3/h6-7,9-14H,4-5,8,15H2,1-3H3,(H,24,29)(H,25,30). The maximum atomic E-state index is 12.9. The van der Waals surface area contributed by atoms with Crippen LogP contribution in [0, 0.1) is 0 Å². The van der Waals surface area contributed by atoms with Crippen molar-refractivity contribution in [2.24, 2.45) is 0 Å². The Morgan fingerprint density at radius 3 is 2.18 bits per heavy atom. The van der Waals surface area contributed by atoms with Gasteiger partial charge < -0.3 is 0 Å². The maximum absolute atomic E-state index is 12.9. The van der Waals surface area contributed by atoms with E-state index in [0.717, 1.165) is 23.6 Å². The van der Waals surface area contributed by atoms with Crippen LogP contribution in [0.25, 0.3) is 10.8 Å². The normalized spacial score (nSPS) is 11.5. The Hall–Kier alpha value is -3.57. The van der Waals surface area contributed by atoms with E-state index in [1.165, 1.54) is 43.0 Å². The summed E-state index contributed by atoms with van der Waals surface area (Å²) in [5, 5.41) is 4.99. The Kier molecular flexibility index (Phi) is 7.79. The first kappa shape index (κ1) is 25.1. The number of hydrogen-bond acceptors (Lipinski definition) is 6. The van der Waals surface area contributed by atoms with Crippen LogP contribution < -0.4 is 16.4 Å². The zero-order valence-corrected chi connectivity index (χ0v) is 20.1. The predicted octanol–water partition coefficient (Wildman–Crippen LogP) is 1.91. The lowest BCUT2D eigenvalue weighted by Gasteiger charge is -2.13. The van der Waals surface area contributed by atoms with Crippen molar-refractivity contribution in [3.05, 3.63) is 70.1 Å². The highest BCUT2D eigenvalue weighted by atomic mass is 32.2. The Morgan fingerprint density at radius 1 is 0.941 bits per heavy atom. The van der Waals surface area contributed by atoms with Crippen LogP contribution in [0.15, 0.2) is 58.2 Å². The van der Waals surface area contributed by atoms with Crippen molar-refractivity contribution in [3.63, 3.8) is 0 Å². The number of unbranched alkanes of at least 4 members (excludes halogenated alkanes) is 2. The summed E-state index contributed by atoms with van der Waals surface area (Å²) in [6.45, 7) is 2.43. The third-order valence-electron chi connectivity index (χ3n) is 5.24. The topological polar surface area (TPSA) is 130 Å². The number of nitrogens with one attached hydrogen (secondary N) is 2. The summed E-state index contributed by atoms with van der Waals surface area (Å²) >= 11 is 0. The SMILES string of the molecule is CCCCCn1nc(C(=O)NNC(=O)c2ccc(S(=O)(=O)N(C)C)cc2)c2ccccc2c1=O.